The number of urea groups is 1. The van der Waals surface area contributed by atoms with Crippen molar-refractivity contribution < 1.29 is 23.9 Å². The second-order valence-electron chi connectivity index (χ2n) is 11.3. The molecule has 5 amide bonds. The predicted molar refractivity (Wildman–Crippen MR) is 155 cm³/mol. The number of carbonyl (C=O) groups excluding carboxylic acids is 4. The summed E-state index contributed by atoms with van der Waals surface area (Å²) in [5, 5.41) is 9.56. The molecule has 3 N–H and O–H groups in total. The minimum Gasteiger partial charge on any atom is -0.488 e. The molecule has 1 unspecified atom stereocenters. The number of benzene rings is 1. The molecule has 3 aromatic rings. The van der Waals surface area contributed by atoms with Crippen LogP contribution in [0.4, 0.5) is 10.6 Å². The Morgan fingerprint density at radius 3 is 2.67 bits per heavy atom. The normalized spacial score (nSPS) is 21.4. The van der Waals surface area contributed by atoms with Gasteiger partial charge in [0, 0.05) is 17.5 Å². The Morgan fingerprint density at radius 2 is 1.90 bits per heavy atom. The van der Waals surface area contributed by atoms with E-state index in [1.54, 1.807) is 12.1 Å². The van der Waals surface area contributed by atoms with Crippen molar-refractivity contribution in [2.24, 2.45) is 5.92 Å². The van der Waals surface area contributed by atoms with Crippen molar-refractivity contribution in [2.75, 3.05) is 5.32 Å². The Hall–Kier alpha value is -3.77. The Labute approximate surface area is 250 Å². The number of aromatic nitrogens is 2. The molecule has 13 heteroatoms. The van der Waals surface area contributed by atoms with Crippen LogP contribution in [0.25, 0.3) is 10.2 Å². The first-order valence-corrected chi connectivity index (χ1v) is 15.5. The Morgan fingerprint density at radius 1 is 1.10 bits per heavy atom. The van der Waals surface area contributed by atoms with Gasteiger partial charge in [0.05, 0.1) is 34.6 Å². The van der Waals surface area contributed by atoms with Crippen LogP contribution in [0.5, 0.6) is 5.75 Å². The minimum absolute atomic E-state index is 0.127. The SMILES string of the molecule is O=C1CCC(N2Cc3nc(NC(=O)N[C@@H](c4nc5c(OC6CCCC6)cc(Cl)cc5s4)C4CC4)ccc3C2=O)C(=O)N1. The van der Waals surface area contributed by atoms with E-state index >= 15 is 0 Å². The summed E-state index contributed by atoms with van der Waals surface area (Å²) in [7, 11) is 0. The fraction of sp³-hybridized carbons (Fsp3) is 0.448. The maximum absolute atomic E-state index is 13.2. The molecule has 218 valence electrons. The molecule has 0 spiro atoms. The number of amides is 5. The summed E-state index contributed by atoms with van der Waals surface area (Å²) in [5.41, 5.74) is 1.62. The monoisotopic (exact) mass is 608 g/mol. The zero-order chi connectivity index (χ0) is 29.0. The molecule has 2 aliphatic heterocycles. The van der Waals surface area contributed by atoms with Crippen molar-refractivity contribution in [3.05, 3.63) is 45.6 Å². The van der Waals surface area contributed by atoms with Crippen molar-refractivity contribution in [1.29, 1.82) is 0 Å². The van der Waals surface area contributed by atoms with Gasteiger partial charge in [-0.2, -0.15) is 0 Å². The third-order valence-electron chi connectivity index (χ3n) is 8.30. The Kier molecular flexibility index (Phi) is 6.97. The van der Waals surface area contributed by atoms with Gasteiger partial charge in [0.1, 0.15) is 28.1 Å². The lowest BCUT2D eigenvalue weighted by Crippen LogP contribution is -2.52. The topological polar surface area (TPSA) is 143 Å². The average Bonchev–Trinajstić information content (AvgIpc) is 3.33. The zero-order valence-electron chi connectivity index (χ0n) is 22.7. The number of ether oxygens (including phenoxy) is 1. The number of halogens is 1. The van der Waals surface area contributed by atoms with E-state index in [4.69, 9.17) is 21.3 Å². The maximum Gasteiger partial charge on any atom is 0.320 e. The summed E-state index contributed by atoms with van der Waals surface area (Å²) in [4.78, 5) is 60.8. The summed E-state index contributed by atoms with van der Waals surface area (Å²) < 4.78 is 7.21. The molecule has 2 aliphatic carbocycles. The van der Waals surface area contributed by atoms with Gasteiger partial charge in [0.2, 0.25) is 11.8 Å². The van der Waals surface area contributed by atoms with Gasteiger partial charge < -0.3 is 15.0 Å². The Bertz CT molecular complexity index is 1620. The molecule has 1 saturated heterocycles. The van der Waals surface area contributed by atoms with Crippen LogP contribution in [0.1, 0.15) is 78.5 Å². The molecule has 4 heterocycles. The highest BCUT2D eigenvalue weighted by Crippen LogP contribution is 2.45. The van der Waals surface area contributed by atoms with Gasteiger partial charge in [0.25, 0.3) is 5.91 Å². The number of anilines is 1. The van der Waals surface area contributed by atoms with Crippen LogP contribution in [-0.2, 0) is 16.1 Å². The summed E-state index contributed by atoms with van der Waals surface area (Å²) >= 11 is 7.93. The fourth-order valence-corrected chi connectivity index (χ4v) is 7.44. The molecule has 3 fully saturated rings. The van der Waals surface area contributed by atoms with E-state index in [0.29, 0.717) is 27.8 Å². The van der Waals surface area contributed by atoms with Gasteiger partial charge in [-0.15, -0.1) is 11.3 Å². The number of rotatable bonds is 7. The number of carbonyl (C=O) groups is 4. The standard InChI is InChI=1S/C29H29ClN6O5S/c30-15-11-20(41-16-3-1-2-4-16)25-21(12-15)42-27(34-25)24(14-5-6-14)35-29(40)32-22-9-7-17-18(31-22)13-36(28(17)39)19-8-10-23(37)33-26(19)38/h7,9,11-12,14,16,19,24H,1-6,8,10,13H2,(H,33,37,38)(H2,31,32,35,40)/t19?,24-/m1/s1. The van der Waals surface area contributed by atoms with Gasteiger partial charge >= 0.3 is 6.03 Å². The van der Waals surface area contributed by atoms with Crippen LogP contribution in [0, 0.1) is 5.92 Å². The van der Waals surface area contributed by atoms with Crippen LogP contribution in [0.15, 0.2) is 24.3 Å². The second kappa shape index (κ2) is 10.8. The van der Waals surface area contributed by atoms with Crippen molar-refractivity contribution >= 4 is 62.7 Å². The fourth-order valence-electron chi connectivity index (χ4n) is 6.00. The molecule has 4 aliphatic rings. The van der Waals surface area contributed by atoms with Crippen molar-refractivity contribution in [1.82, 2.24) is 25.5 Å². The summed E-state index contributed by atoms with van der Waals surface area (Å²) in [5.74, 6) is 0.123. The van der Waals surface area contributed by atoms with Crippen LogP contribution >= 0.6 is 22.9 Å². The number of fused-ring (bicyclic) bond motifs is 2. The van der Waals surface area contributed by atoms with Gasteiger partial charge in [0.15, 0.2) is 0 Å². The third-order valence-corrected chi connectivity index (χ3v) is 9.60. The first-order chi connectivity index (χ1) is 20.3. The van der Waals surface area contributed by atoms with E-state index in [9.17, 15) is 19.2 Å². The number of thiazole rings is 1. The summed E-state index contributed by atoms with van der Waals surface area (Å²) in [6.07, 6.45) is 6.97. The molecule has 0 bridgehead atoms. The lowest BCUT2D eigenvalue weighted by molar-refractivity contribution is -0.136. The lowest BCUT2D eigenvalue weighted by atomic mass is 10.0. The van der Waals surface area contributed by atoms with E-state index in [1.165, 1.54) is 16.2 Å². The highest BCUT2D eigenvalue weighted by Gasteiger charge is 2.40. The highest BCUT2D eigenvalue weighted by atomic mass is 35.5. The van der Waals surface area contributed by atoms with E-state index in [-0.39, 0.29) is 49.3 Å². The van der Waals surface area contributed by atoms with Crippen molar-refractivity contribution in [2.45, 2.75) is 76.1 Å². The molecule has 2 saturated carbocycles. The second-order valence-corrected chi connectivity index (χ2v) is 12.8. The van der Waals surface area contributed by atoms with Crippen molar-refractivity contribution in [3.8, 4) is 5.75 Å². The van der Waals surface area contributed by atoms with Crippen LogP contribution in [0.3, 0.4) is 0 Å². The largest absolute Gasteiger partial charge is 0.488 e. The maximum atomic E-state index is 13.2. The number of hydrogen-bond acceptors (Lipinski definition) is 8. The average molecular weight is 609 g/mol. The molecule has 1 aromatic carbocycles. The quantitative estimate of drug-likeness (QED) is 0.330. The molecule has 7 rings (SSSR count). The Balaban J connectivity index is 1.06. The number of nitrogens with one attached hydrogen (secondary N) is 3. The van der Waals surface area contributed by atoms with E-state index in [2.05, 4.69) is 20.9 Å². The molecular formula is C29H29ClN6O5S. The van der Waals surface area contributed by atoms with Crippen LogP contribution in [0.2, 0.25) is 5.02 Å². The minimum atomic E-state index is -0.726. The molecule has 2 atom stereocenters. The van der Waals surface area contributed by atoms with Crippen molar-refractivity contribution in [3.63, 3.8) is 0 Å². The molecule has 0 radical (unpaired) electrons. The van der Waals surface area contributed by atoms with Crippen LogP contribution in [-0.4, -0.2) is 50.8 Å². The highest BCUT2D eigenvalue weighted by molar-refractivity contribution is 7.18. The first-order valence-electron chi connectivity index (χ1n) is 14.3. The zero-order valence-corrected chi connectivity index (χ0v) is 24.2. The van der Waals surface area contributed by atoms with Gasteiger partial charge in [-0.05, 0) is 69.1 Å². The number of imide groups is 1. The summed E-state index contributed by atoms with van der Waals surface area (Å²) in [6.45, 7) is 0.127. The predicted octanol–water partition coefficient (Wildman–Crippen LogP) is 4.70. The molecule has 2 aromatic heterocycles. The van der Waals surface area contributed by atoms with Crippen LogP contribution < -0.4 is 20.7 Å². The molecular weight excluding hydrogens is 580 g/mol. The first kappa shape index (κ1) is 27.1. The molecule has 42 heavy (non-hydrogen) atoms. The van der Waals surface area contributed by atoms with Gasteiger partial charge in [-0.3, -0.25) is 25.0 Å². The number of hydrogen-bond donors (Lipinski definition) is 3. The van der Waals surface area contributed by atoms with Gasteiger partial charge in [-0.25, -0.2) is 14.8 Å². The number of pyridine rings is 1. The van der Waals surface area contributed by atoms with E-state index < -0.39 is 18.0 Å². The van der Waals surface area contributed by atoms with E-state index in [1.807, 2.05) is 12.1 Å². The molecule has 11 nitrogen and oxygen atoms in total. The lowest BCUT2D eigenvalue weighted by Gasteiger charge is -2.29. The number of piperidine rings is 1. The third kappa shape index (κ3) is 5.29. The van der Waals surface area contributed by atoms with E-state index in [0.717, 1.165) is 53.7 Å². The summed E-state index contributed by atoms with van der Waals surface area (Å²) in [6, 6.07) is 5.46. The van der Waals surface area contributed by atoms with Gasteiger partial charge in [-0.1, -0.05) is 11.6 Å². The smallest absolute Gasteiger partial charge is 0.320 e. The number of nitrogens with zero attached hydrogens (tertiary/aromatic N) is 3.